The van der Waals surface area contributed by atoms with Gasteiger partial charge in [0.05, 0.1) is 23.6 Å². The molecular formula is C12H13ClFNO4. The van der Waals surface area contributed by atoms with Crippen LogP contribution in [0.15, 0.2) is 6.07 Å². The van der Waals surface area contributed by atoms with Crippen molar-refractivity contribution < 1.29 is 24.1 Å². The Labute approximate surface area is 113 Å². The Hall–Kier alpha value is -1.53. The molecule has 0 spiro atoms. The maximum Gasteiger partial charge on any atom is 0.307 e. The Bertz CT molecular complexity index is 523. The van der Waals surface area contributed by atoms with Crippen molar-refractivity contribution in [3.8, 4) is 11.5 Å². The summed E-state index contributed by atoms with van der Waals surface area (Å²) < 4.78 is 18.9. The average Bonchev–Trinajstić information content (AvgIpc) is 2.83. The number of hydrogen-bond donors (Lipinski definition) is 3. The second-order valence-electron chi connectivity index (χ2n) is 4.37. The van der Waals surface area contributed by atoms with Gasteiger partial charge >= 0.3 is 5.97 Å². The number of phenolic OH excluding ortho intramolecular Hbond substituents is 1. The number of aliphatic carboxylic acids is 1. The predicted molar refractivity (Wildman–Crippen MR) is 66.1 cm³/mol. The lowest BCUT2D eigenvalue weighted by molar-refractivity contribution is -0.141. The average molecular weight is 290 g/mol. The Morgan fingerprint density at radius 2 is 2.32 bits per heavy atom. The molecule has 0 amide bonds. The number of nitrogens with one attached hydrogen (secondary N) is 1. The summed E-state index contributed by atoms with van der Waals surface area (Å²) in [5, 5.41) is 21.6. The minimum atomic E-state index is -0.955. The molecule has 1 aliphatic heterocycles. The van der Waals surface area contributed by atoms with Crippen LogP contribution in [0.4, 0.5) is 4.39 Å². The Morgan fingerprint density at radius 1 is 1.63 bits per heavy atom. The number of aromatic hydroxyl groups is 1. The molecule has 7 heteroatoms. The van der Waals surface area contributed by atoms with E-state index in [1.807, 2.05) is 0 Å². The van der Waals surface area contributed by atoms with E-state index in [-0.39, 0.29) is 35.1 Å². The topological polar surface area (TPSA) is 78.8 Å². The highest BCUT2D eigenvalue weighted by molar-refractivity contribution is 6.31. The van der Waals surface area contributed by atoms with Crippen molar-refractivity contribution in [2.45, 2.75) is 12.5 Å². The highest BCUT2D eigenvalue weighted by Crippen LogP contribution is 2.42. The van der Waals surface area contributed by atoms with Gasteiger partial charge < -0.3 is 20.3 Å². The van der Waals surface area contributed by atoms with E-state index in [0.717, 1.165) is 0 Å². The zero-order valence-electron chi connectivity index (χ0n) is 10.1. The van der Waals surface area contributed by atoms with Crippen LogP contribution in [0.3, 0.4) is 0 Å². The summed E-state index contributed by atoms with van der Waals surface area (Å²) in [5.74, 6) is -2.63. The fourth-order valence-electron chi connectivity index (χ4n) is 2.23. The van der Waals surface area contributed by atoms with Gasteiger partial charge in [0, 0.05) is 18.7 Å². The Morgan fingerprint density at radius 3 is 2.84 bits per heavy atom. The van der Waals surface area contributed by atoms with Gasteiger partial charge in [-0.05, 0) is 6.42 Å². The maximum absolute atomic E-state index is 14.0. The Balaban J connectivity index is 2.40. The minimum absolute atomic E-state index is 0.0481. The summed E-state index contributed by atoms with van der Waals surface area (Å²) in [7, 11) is 1.33. The molecule has 19 heavy (non-hydrogen) atoms. The van der Waals surface area contributed by atoms with Gasteiger partial charge in [-0.2, -0.15) is 0 Å². The van der Waals surface area contributed by atoms with Crippen molar-refractivity contribution in [3.05, 3.63) is 22.5 Å². The van der Waals surface area contributed by atoms with Crippen LogP contribution in [-0.2, 0) is 4.79 Å². The summed E-state index contributed by atoms with van der Waals surface area (Å²) in [6.45, 7) is 0.216. The highest BCUT2D eigenvalue weighted by Gasteiger charge is 2.34. The smallest absolute Gasteiger partial charge is 0.307 e. The molecule has 0 saturated carbocycles. The van der Waals surface area contributed by atoms with Crippen LogP contribution >= 0.6 is 11.6 Å². The lowest BCUT2D eigenvalue weighted by Crippen LogP contribution is -2.18. The van der Waals surface area contributed by atoms with Gasteiger partial charge in [-0.25, -0.2) is 4.39 Å². The van der Waals surface area contributed by atoms with Crippen LogP contribution in [0.1, 0.15) is 18.0 Å². The van der Waals surface area contributed by atoms with Crippen molar-refractivity contribution in [1.82, 2.24) is 5.32 Å². The molecule has 1 saturated heterocycles. The molecule has 2 unspecified atom stereocenters. The van der Waals surface area contributed by atoms with Crippen molar-refractivity contribution in [2.24, 2.45) is 5.92 Å². The highest BCUT2D eigenvalue weighted by atomic mass is 35.5. The monoisotopic (exact) mass is 289 g/mol. The molecule has 1 aliphatic rings. The number of phenols is 1. The second-order valence-corrected chi connectivity index (χ2v) is 4.78. The molecule has 5 nitrogen and oxygen atoms in total. The number of carbonyl (C=O) groups is 1. The SMILES string of the molecule is COc1cc(Cl)c(F)c(C2CC(C(=O)O)CN2)c1O. The summed E-state index contributed by atoms with van der Waals surface area (Å²) in [6, 6.07) is 0.577. The van der Waals surface area contributed by atoms with Crippen molar-refractivity contribution >= 4 is 17.6 Å². The van der Waals surface area contributed by atoms with E-state index >= 15 is 0 Å². The molecule has 2 atom stereocenters. The van der Waals surface area contributed by atoms with E-state index in [4.69, 9.17) is 21.4 Å². The number of ether oxygens (including phenoxy) is 1. The van der Waals surface area contributed by atoms with Gasteiger partial charge in [-0.1, -0.05) is 11.6 Å². The van der Waals surface area contributed by atoms with Crippen LogP contribution in [0.25, 0.3) is 0 Å². The van der Waals surface area contributed by atoms with Gasteiger partial charge in [0.15, 0.2) is 17.3 Å². The largest absolute Gasteiger partial charge is 0.504 e. The first kappa shape index (κ1) is 13.9. The number of carboxylic acid groups (broad SMARTS) is 1. The van der Waals surface area contributed by atoms with Gasteiger partial charge in [0.2, 0.25) is 0 Å². The molecule has 2 rings (SSSR count). The van der Waals surface area contributed by atoms with Crippen molar-refractivity contribution in [2.75, 3.05) is 13.7 Å². The molecule has 0 bridgehead atoms. The third-order valence-electron chi connectivity index (χ3n) is 3.24. The van der Waals surface area contributed by atoms with Crippen LogP contribution < -0.4 is 10.1 Å². The Kier molecular flexibility index (Phi) is 3.82. The van der Waals surface area contributed by atoms with Crippen molar-refractivity contribution in [3.63, 3.8) is 0 Å². The predicted octanol–water partition coefficient (Wildman–Crippen LogP) is 1.93. The fourth-order valence-corrected chi connectivity index (χ4v) is 2.43. The molecule has 1 aromatic carbocycles. The summed E-state index contributed by atoms with van der Waals surface area (Å²) in [5.41, 5.74) is -0.0481. The zero-order valence-corrected chi connectivity index (χ0v) is 10.9. The van der Waals surface area contributed by atoms with Crippen LogP contribution in [-0.4, -0.2) is 29.8 Å². The third-order valence-corrected chi connectivity index (χ3v) is 3.52. The number of methoxy groups -OCH3 is 1. The fraction of sp³-hybridized carbons (Fsp3) is 0.417. The number of hydrogen-bond acceptors (Lipinski definition) is 4. The lowest BCUT2D eigenvalue weighted by Gasteiger charge is -2.16. The first-order chi connectivity index (χ1) is 8.95. The molecule has 1 heterocycles. The number of carboxylic acids is 1. The van der Waals surface area contributed by atoms with Crippen LogP contribution in [0.5, 0.6) is 11.5 Å². The van der Waals surface area contributed by atoms with Crippen molar-refractivity contribution in [1.29, 1.82) is 0 Å². The molecule has 3 N–H and O–H groups in total. The van der Waals surface area contributed by atoms with E-state index in [2.05, 4.69) is 5.32 Å². The lowest BCUT2D eigenvalue weighted by atomic mass is 9.98. The quantitative estimate of drug-likeness (QED) is 0.792. The molecule has 1 fully saturated rings. The molecule has 1 aromatic rings. The zero-order chi connectivity index (χ0) is 14.2. The van der Waals surface area contributed by atoms with E-state index in [1.165, 1.54) is 13.2 Å². The molecular weight excluding hydrogens is 277 g/mol. The molecule has 0 aliphatic carbocycles. The van der Waals surface area contributed by atoms with E-state index in [0.29, 0.717) is 0 Å². The summed E-state index contributed by atoms with van der Waals surface area (Å²) >= 11 is 5.74. The van der Waals surface area contributed by atoms with E-state index in [1.54, 1.807) is 0 Å². The number of rotatable bonds is 3. The number of halogens is 2. The van der Waals surface area contributed by atoms with Gasteiger partial charge in [-0.3, -0.25) is 4.79 Å². The molecule has 0 aromatic heterocycles. The minimum Gasteiger partial charge on any atom is -0.504 e. The van der Waals surface area contributed by atoms with Gasteiger partial charge in [-0.15, -0.1) is 0 Å². The van der Waals surface area contributed by atoms with E-state index in [9.17, 15) is 14.3 Å². The third kappa shape index (κ3) is 2.46. The van der Waals surface area contributed by atoms with Gasteiger partial charge in [0.1, 0.15) is 0 Å². The first-order valence-corrected chi connectivity index (χ1v) is 6.04. The van der Waals surface area contributed by atoms with Gasteiger partial charge in [0.25, 0.3) is 0 Å². The summed E-state index contributed by atoms with van der Waals surface area (Å²) in [6.07, 6.45) is 0.184. The standard InChI is InChI=1S/C12H13ClFNO4/c1-19-8-3-6(13)10(14)9(11(8)16)7-2-5(4-15-7)12(17)18/h3,5,7,15-16H,2,4H2,1H3,(H,17,18). The van der Waals surface area contributed by atoms with Crippen LogP contribution in [0, 0.1) is 11.7 Å². The molecule has 104 valence electrons. The van der Waals surface area contributed by atoms with E-state index < -0.39 is 23.7 Å². The molecule has 0 radical (unpaired) electrons. The maximum atomic E-state index is 14.0. The first-order valence-electron chi connectivity index (χ1n) is 5.66. The summed E-state index contributed by atoms with van der Waals surface area (Å²) in [4.78, 5) is 10.9. The van der Waals surface area contributed by atoms with Crippen LogP contribution in [0.2, 0.25) is 5.02 Å². The number of benzene rings is 1. The normalized spacial score (nSPS) is 22.5. The second kappa shape index (κ2) is 5.22.